The lowest BCUT2D eigenvalue weighted by Crippen LogP contribution is -2.42. The molecule has 2 aliphatic rings. The normalized spacial score (nSPS) is 17.0. The van der Waals surface area contributed by atoms with Crippen LogP contribution in [0.3, 0.4) is 0 Å². The SMILES string of the molecule is O=C(CN1C(=O)N/C(=C\c2ccc(OCC(=O)N3CCOCC3)cc2)C1=O)Nc1ccccc1. The number of benzene rings is 2. The summed E-state index contributed by atoms with van der Waals surface area (Å²) in [7, 11) is 0. The van der Waals surface area contributed by atoms with Crippen LogP contribution in [0.5, 0.6) is 5.75 Å². The van der Waals surface area contributed by atoms with E-state index in [9.17, 15) is 19.2 Å². The number of anilines is 1. The van der Waals surface area contributed by atoms with Crippen LogP contribution in [0.2, 0.25) is 0 Å². The van der Waals surface area contributed by atoms with Crippen molar-refractivity contribution < 1.29 is 28.7 Å². The largest absolute Gasteiger partial charge is 0.484 e. The van der Waals surface area contributed by atoms with Gasteiger partial charge in [-0.3, -0.25) is 14.4 Å². The number of hydrogen-bond acceptors (Lipinski definition) is 6. The second-order valence-electron chi connectivity index (χ2n) is 7.64. The van der Waals surface area contributed by atoms with Crippen molar-refractivity contribution in [2.24, 2.45) is 0 Å². The van der Waals surface area contributed by atoms with E-state index in [0.717, 1.165) is 4.90 Å². The first-order valence-electron chi connectivity index (χ1n) is 10.8. The Balaban J connectivity index is 1.31. The Morgan fingerprint density at radius 2 is 1.74 bits per heavy atom. The molecule has 2 aromatic rings. The maximum absolute atomic E-state index is 12.6. The summed E-state index contributed by atoms with van der Waals surface area (Å²) in [6, 6.07) is 14.8. The van der Waals surface area contributed by atoms with Crippen molar-refractivity contribution in [3.05, 3.63) is 65.9 Å². The molecule has 10 nitrogen and oxygen atoms in total. The van der Waals surface area contributed by atoms with E-state index >= 15 is 0 Å². The van der Waals surface area contributed by atoms with E-state index in [1.165, 1.54) is 6.08 Å². The van der Waals surface area contributed by atoms with Crippen molar-refractivity contribution in [1.82, 2.24) is 15.1 Å². The second-order valence-corrected chi connectivity index (χ2v) is 7.64. The standard InChI is InChI=1S/C24H24N4O6/c29-21(25-18-4-2-1-3-5-18)15-28-23(31)20(26-24(28)32)14-17-6-8-19(9-7-17)34-16-22(30)27-10-12-33-13-11-27/h1-9,14H,10-13,15-16H2,(H,25,29)(H,26,32)/b20-14-. The first-order chi connectivity index (χ1) is 16.5. The first kappa shape index (κ1) is 23.0. The number of urea groups is 1. The number of nitrogens with zero attached hydrogens (tertiary/aromatic N) is 2. The summed E-state index contributed by atoms with van der Waals surface area (Å²) in [5, 5.41) is 5.13. The molecular weight excluding hydrogens is 440 g/mol. The zero-order valence-electron chi connectivity index (χ0n) is 18.4. The number of amides is 5. The van der Waals surface area contributed by atoms with Gasteiger partial charge < -0.3 is 25.0 Å². The molecule has 0 radical (unpaired) electrons. The number of rotatable bonds is 7. The van der Waals surface area contributed by atoms with Gasteiger partial charge >= 0.3 is 6.03 Å². The Morgan fingerprint density at radius 1 is 1.03 bits per heavy atom. The molecule has 176 valence electrons. The van der Waals surface area contributed by atoms with Gasteiger partial charge in [0, 0.05) is 18.8 Å². The molecule has 0 aromatic heterocycles. The second kappa shape index (κ2) is 10.6. The first-order valence-corrected chi connectivity index (χ1v) is 10.8. The molecule has 0 aliphatic carbocycles. The highest BCUT2D eigenvalue weighted by atomic mass is 16.5. The van der Waals surface area contributed by atoms with Crippen LogP contribution < -0.4 is 15.4 Å². The molecule has 10 heteroatoms. The van der Waals surface area contributed by atoms with Crippen molar-refractivity contribution >= 4 is 35.5 Å². The minimum atomic E-state index is -0.666. The van der Waals surface area contributed by atoms with Gasteiger partial charge in [-0.1, -0.05) is 30.3 Å². The molecule has 2 N–H and O–H groups in total. The molecule has 2 aliphatic heterocycles. The molecule has 0 bridgehead atoms. The van der Waals surface area contributed by atoms with E-state index in [4.69, 9.17) is 9.47 Å². The summed E-state index contributed by atoms with van der Waals surface area (Å²) in [5.41, 5.74) is 1.28. The van der Waals surface area contributed by atoms with E-state index in [1.54, 1.807) is 53.4 Å². The van der Waals surface area contributed by atoms with Crippen molar-refractivity contribution in [2.75, 3.05) is 44.8 Å². The summed E-state index contributed by atoms with van der Waals surface area (Å²) in [5.74, 6) is -0.677. The highest BCUT2D eigenvalue weighted by Crippen LogP contribution is 2.18. The fraction of sp³-hybridized carbons (Fsp3) is 0.250. The monoisotopic (exact) mass is 464 g/mol. The third-order valence-electron chi connectivity index (χ3n) is 5.24. The van der Waals surface area contributed by atoms with Gasteiger partial charge in [0.25, 0.3) is 11.8 Å². The lowest BCUT2D eigenvalue weighted by molar-refractivity contribution is -0.137. The predicted octanol–water partition coefficient (Wildman–Crippen LogP) is 1.46. The molecular formula is C24H24N4O6. The highest BCUT2D eigenvalue weighted by Gasteiger charge is 2.34. The van der Waals surface area contributed by atoms with Crippen LogP contribution in [0.4, 0.5) is 10.5 Å². The predicted molar refractivity (Wildman–Crippen MR) is 123 cm³/mol. The zero-order chi connectivity index (χ0) is 23.9. The number of nitrogens with one attached hydrogen (secondary N) is 2. The van der Waals surface area contributed by atoms with Crippen molar-refractivity contribution in [1.29, 1.82) is 0 Å². The van der Waals surface area contributed by atoms with E-state index in [2.05, 4.69) is 10.6 Å². The molecule has 0 spiro atoms. The Hall–Kier alpha value is -4.18. The van der Waals surface area contributed by atoms with Crippen molar-refractivity contribution in [3.63, 3.8) is 0 Å². The maximum Gasteiger partial charge on any atom is 0.329 e. The van der Waals surface area contributed by atoms with Crippen LogP contribution in [-0.2, 0) is 19.1 Å². The number of morpholine rings is 1. The van der Waals surface area contributed by atoms with Crippen LogP contribution in [0.25, 0.3) is 6.08 Å². The number of imide groups is 1. The Labute approximate surface area is 196 Å². The molecule has 2 fully saturated rings. The smallest absolute Gasteiger partial charge is 0.329 e. The van der Waals surface area contributed by atoms with Gasteiger partial charge in [0.05, 0.1) is 13.2 Å². The van der Waals surface area contributed by atoms with Gasteiger partial charge in [0.1, 0.15) is 18.0 Å². The van der Waals surface area contributed by atoms with E-state index < -0.39 is 24.4 Å². The summed E-state index contributed by atoms with van der Waals surface area (Å²) < 4.78 is 10.8. The Kier molecular flexibility index (Phi) is 7.19. The minimum absolute atomic E-state index is 0.0636. The van der Waals surface area contributed by atoms with Crippen LogP contribution in [0, 0.1) is 0 Å². The van der Waals surface area contributed by atoms with E-state index in [-0.39, 0.29) is 18.2 Å². The molecule has 2 saturated heterocycles. The topological polar surface area (TPSA) is 117 Å². The molecule has 2 heterocycles. The average molecular weight is 464 g/mol. The number of ether oxygens (including phenoxy) is 2. The van der Waals surface area contributed by atoms with E-state index in [1.807, 2.05) is 6.07 Å². The van der Waals surface area contributed by atoms with Crippen molar-refractivity contribution in [3.8, 4) is 5.75 Å². The van der Waals surface area contributed by atoms with Crippen molar-refractivity contribution in [2.45, 2.75) is 0 Å². The Morgan fingerprint density at radius 3 is 2.44 bits per heavy atom. The molecule has 2 aromatic carbocycles. The van der Waals surface area contributed by atoms with Crippen LogP contribution in [0.15, 0.2) is 60.3 Å². The van der Waals surface area contributed by atoms with Gasteiger partial charge in [0.15, 0.2) is 6.61 Å². The molecule has 0 unspecified atom stereocenters. The van der Waals surface area contributed by atoms with Gasteiger partial charge in [-0.25, -0.2) is 9.69 Å². The third kappa shape index (κ3) is 5.78. The van der Waals surface area contributed by atoms with Gasteiger partial charge in [-0.15, -0.1) is 0 Å². The minimum Gasteiger partial charge on any atom is -0.484 e. The number of carbonyl (C=O) groups is 4. The molecule has 34 heavy (non-hydrogen) atoms. The van der Waals surface area contributed by atoms with Crippen LogP contribution in [-0.4, -0.2) is 73.0 Å². The van der Waals surface area contributed by atoms with Gasteiger partial charge in [-0.2, -0.15) is 0 Å². The number of hydrogen-bond donors (Lipinski definition) is 2. The average Bonchev–Trinajstić information content (AvgIpc) is 3.11. The van der Waals surface area contributed by atoms with E-state index in [0.29, 0.717) is 43.3 Å². The molecule has 4 rings (SSSR count). The maximum atomic E-state index is 12.6. The molecule has 0 atom stereocenters. The fourth-order valence-corrected chi connectivity index (χ4v) is 3.46. The molecule has 5 amide bonds. The van der Waals surface area contributed by atoms with Gasteiger partial charge in [-0.05, 0) is 35.9 Å². The van der Waals surface area contributed by atoms with Gasteiger partial charge in [0.2, 0.25) is 5.91 Å². The summed E-state index contributed by atoms with van der Waals surface area (Å²) >= 11 is 0. The quantitative estimate of drug-likeness (QED) is 0.473. The third-order valence-corrected chi connectivity index (χ3v) is 5.24. The summed E-state index contributed by atoms with van der Waals surface area (Å²) in [6.07, 6.45) is 1.51. The van der Waals surface area contributed by atoms with Crippen LogP contribution in [0.1, 0.15) is 5.56 Å². The summed E-state index contributed by atoms with van der Waals surface area (Å²) in [4.78, 5) is 51.8. The fourth-order valence-electron chi connectivity index (χ4n) is 3.46. The molecule has 0 saturated carbocycles. The zero-order valence-corrected chi connectivity index (χ0v) is 18.4. The Bertz CT molecular complexity index is 1090. The number of para-hydroxylation sites is 1. The highest BCUT2D eigenvalue weighted by molar-refractivity contribution is 6.15. The van der Waals surface area contributed by atoms with Crippen LogP contribution >= 0.6 is 0 Å². The summed E-state index contributed by atoms with van der Waals surface area (Å²) in [6.45, 7) is 1.69. The lowest BCUT2D eigenvalue weighted by Gasteiger charge is -2.26. The number of carbonyl (C=O) groups excluding carboxylic acids is 4. The lowest BCUT2D eigenvalue weighted by atomic mass is 10.2.